The summed E-state index contributed by atoms with van der Waals surface area (Å²) in [7, 11) is 0. The lowest BCUT2D eigenvalue weighted by Gasteiger charge is -2.02. The molecule has 0 radical (unpaired) electrons. The number of ketones is 2. The van der Waals surface area contributed by atoms with Crippen molar-refractivity contribution in [2.75, 3.05) is 0 Å². The van der Waals surface area contributed by atoms with Crippen molar-refractivity contribution in [3.63, 3.8) is 0 Å². The van der Waals surface area contributed by atoms with Gasteiger partial charge in [-0.05, 0) is 25.0 Å². The van der Waals surface area contributed by atoms with E-state index in [2.05, 4.69) is 0 Å². The Kier molecular flexibility index (Phi) is 4.35. The van der Waals surface area contributed by atoms with Gasteiger partial charge in [-0.1, -0.05) is 19.1 Å². The summed E-state index contributed by atoms with van der Waals surface area (Å²) in [6.45, 7) is 3.51. The Balaban J connectivity index is 2.73. The quantitative estimate of drug-likeness (QED) is 0.566. The van der Waals surface area contributed by atoms with Crippen molar-refractivity contribution >= 4 is 11.6 Å². The summed E-state index contributed by atoms with van der Waals surface area (Å²) in [6.07, 6.45) is 1.00. The number of carbonyl (C=O) groups is 2. The fraction of sp³-hybridized carbons (Fsp3) is 0.385. The van der Waals surface area contributed by atoms with Gasteiger partial charge in [0.05, 0.1) is 6.42 Å². The monoisotopic (exact) mass is 222 g/mol. The lowest BCUT2D eigenvalue weighted by molar-refractivity contribution is -0.118. The van der Waals surface area contributed by atoms with Crippen molar-refractivity contribution in [3.8, 4) is 0 Å². The second kappa shape index (κ2) is 5.54. The maximum absolute atomic E-state index is 13.2. The maximum atomic E-state index is 13.2. The van der Waals surface area contributed by atoms with Gasteiger partial charge in [0.25, 0.3) is 0 Å². The number of hydrogen-bond donors (Lipinski definition) is 0. The normalized spacial score (nSPS) is 10.2. The lowest BCUT2D eigenvalue weighted by atomic mass is 10.0. The van der Waals surface area contributed by atoms with Gasteiger partial charge in [-0.15, -0.1) is 0 Å². The zero-order valence-corrected chi connectivity index (χ0v) is 9.55. The van der Waals surface area contributed by atoms with Crippen LogP contribution in [-0.4, -0.2) is 11.6 Å². The first-order valence-electron chi connectivity index (χ1n) is 5.35. The van der Waals surface area contributed by atoms with Crippen LogP contribution in [-0.2, 0) is 4.79 Å². The lowest BCUT2D eigenvalue weighted by Crippen LogP contribution is -2.08. The molecule has 0 heterocycles. The van der Waals surface area contributed by atoms with E-state index < -0.39 is 5.82 Å². The molecule has 3 heteroatoms. The molecule has 86 valence electrons. The topological polar surface area (TPSA) is 34.1 Å². The van der Waals surface area contributed by atoms with Crippen LogP contribution in [0.25, 0.3) is 0 Å². The minimum Gasteiger partial charge on any atom is -0.299 e. The predicted octanol–water partition coefficient (Wildman–Crippen LogP) is 3.08. The van der Waals surface area contributed by atoms with Crippen LogP contribution in [0.15, 0.2) is 18.2 Å². The first-order chi connectivity index (χ1) is 7.54. The van der Waals surface area contributed by atoms with Crippen LogP contribution in [0.4, 0.5) is 4.39 Å². The van der Waals surface area contributed by atoms with Crippen molar-refractivity contribution in [2.24, 2.45) is 0 Å². The highest BCUT2D eigenvalue weighted by Gasteiger charge is 2.12. The summed E-state index contributed by atoms with van der Waals surface area (Å²) in [6, 6.07) is 4.30. The molecule has 1 rings (SSSR count). The SMILES string of the molecule is CCCC(=O)CC(=O)c1ccc(C)c(F)c1. The second-order valence-corrected chi connectivity index (χ2v) is 3.85. The van der Waals surface area contributed by atoms with E-state index in [4.69, 9.17) is 0 Å². The summed E-state index contributed by atoms with van der Waals surface area (Å²) in [5, 5.41) is 0. The Morgan fingerprint density at radius 3 is 2.56 bits per heavy atom. The van der Waals surface area contributed by atoms with E-state index in [1.165, 1.54) is 6.07 Å². The average molecular weight is 222 g/mol. The van der Waals surface area contributed by atoms with Gasteiger partial charge in [0.15, 0.2) is 5.78 Å². The van der Waals surface area contributed by atoms with Crippen molar-refractivity contribution in [1.29, 1.82) is 0 Å². The van der Waals surface area contributed by atoms with Gasteiger partial charge < -0.3 is 0 Å². The van der Waals surface area contributed by atoms with Gasteiger partial charge in [0.1, 0.15) is 11.6 Å². The van der Waals surface area contributed by atoms with Gasteiger partial charge in [-0.3, -0.25) is 9.59 Å². The van der Waals surface area contributed by atoms with E-state index >= 15 is 0 Å². The molecule has 1 aromatic rings. The molecule has 0 aromatic heterocycles. The van der Waals surface area contributed by atoms with Gasteiger partial charge in [0, 0.05) is 12.0 Å². The molecule has 0 saturated carbocycles. The Morgan fingerprint density at radius 2 is 2.00 bits per heavy atom. The van der Waals surface area contributed by atoms with Crippen LogP contribution in [0.3, 0.4) is 0 Å². The second-order valence-electron chi connectivity index (χ2n) is 3.85. The third-order valence-electron chi connectivity index (χ3n) is 2.38. The van der Waals surface area contributed by atoms with Crippen LogP contribution < -0.4 is 0 Å². The molecule has 0 aliphatic carbocycles. The van der Waals surface area contributed by atoms with Crippen LogP contribution in [0.5, 0.6) is 0 Å². The third-order valence-corrected chi connectivity index (χ3v) is 2.38. The molecule has 0 atom stereocenters. The van der Waals surface area contributed by atoms with Gasteiger partial charge in [-0.25, -0.2) is 4.39 Å². The molecule has 0 unspecified atom stereocenters. The molecule has 2 nitrogen and oxygen atoms in total. The Morgan fingerprint density at radius 1 is 1.31 bits per heavy atom. The summed E-state index contributed by atoms with van der Waals surface area (Å²) in [5.74, 6) is -0.806. The van der Waals surface area contributed by atoms with Crippen molar-refractivity contribution < 1.29 is 14.0 Å². The number of halogens is 1. The molecule has 0 amide bonds. The summed E-state index contributed by atoms with van der Waals surface area (Å²) >= 11 is 0. The number of rotatable bonds is 5. The zero-order valence-electron chi connectivity index (χ0n) is 9.55. The van der Waals surface area contributed by atoms with Gasteiger partial charge >= 0.3 is 0 Å². The predicted molar refractivity (Wildman–Crippen MR) is 60.0 cm³/mol. The molecule has 0 N–H and O–H groups in total. The first-order valence-corrected chi connectivity index (χ1v) is 5.35. The zero-order chi connectivity index (χ0) is 12.1. The Labute approximate surface area is 94.5 Å². The summed E-state index contributed by atoms with van der Waals surface area (Å²) in [4.78, 5) is 22.9. The van der Waals surface area contributed by atoms with Crippen LogP contribution in [0.2, 0.25) is 0 Å². The fourth-order valence-electron chi connectivity index (χ4n) is 1.41. The number of benzene rings is 1. The van der Waals surface area contributed by atoms with Crippen LogP contribution >= 0.6 is 0 Å². The highest BCUT2D eigenvalue weighted by Crippen LogP contribution is 2.11. The van der Waals surface area contributed by atoms with E-state index in [0.29, 0.717) is 12.0 Å². The molecule has 0 aliphatic heterocycles. The minimum absolute atomic E-state index is 0.0894. The van der Waals surface area contributed by atoms with E-state index in [1.54, 1.807) is 19.1 Å². The summed E-state index contributed by atoms with van der Waals surface area (Å²) < 4.78 is 13.2. The number of carbonyl (C=O) groups excluding carboxylic acids is 2. The molecule has 0 bridgehead atoms. The van der Waals surface area contributed by atoms with Crippen molar-refractivity contribution in [3.05, 3.63) is 35.1 Å². The molecule has 0 aliphatic rings. The largest absolute Gasteiger partial charge is 0.299 e. The van der Waals surface area contributed by atoms with E-state index in [-0.39, 0.29) is 23.6 Å². The van der Waals surface area contributed by atoms with Gasteiger partial charge in [0.2, 0.25) is 0 Å². The van der Waals surface area contributed by atoms with Crippen molar-refractivity contribution in [2.45, 2.75) is 33.1 Å². The fourth-order valence-corrected chi connectivity index (χ4v) is 1.41. The molecule has 0 fully saturated rings. The highest BCUT2D eigenvalue weighted by molar-refractivity contribution is 6.07. The first kappa shape index (κ1) is 12.6. The number of aryl methyl sites for hydroxylation is 1. The molecule has 0 spiro atoms. The van der Waals surface area contributed by atoms with Crippen molar-refractivity contribution in [1.82, 2.24) is 0 Å². The molecular weight excluding hydrogens is 207 g/mol. The van der Waals surface area contributed by atoms with E-state index in [0.717, 1.165) is 6.42 Å². The maximum Gasteiger partial charge on any atom is 0.170 e. The highest BCUT2D eigenvalue weighted by atomic mass is 19.1. The number of Topliss-reactive ketones (excluding diaryl/α,β-unsaturated/α-hetero) is 2. The summed E-state index contributed by atoms with van der Waals surface area (Å²) in [5.41, 5.74) is 0.768. The third kappa shape index (κ3) is 3.26. The van der Waals surface area contributed by atoms with Crippen LogP contribution in [0, 0.1) is 12.7 Å². The minimum atomic E-state index is -0.409. The van der Waals surface area contributed by atoms with E-state index in [9.17, 15) is 14.0 Å². The van der Waals surface area contributed by atoms with Gasteiger partial charge in [-0.2, -0.15) is 0 Å². The molecule has 0 saturated heterocycles. The Hall–Kier alpha value is -1.51. The average Bonchev–Trinajstić information content (AvgIpc) is 2.22. The van der Waals surface area contributed by atoms with Crippen LogP contribution in [0.1, 0.15) is 42.1 Å². The number of hydrogen-bond acceptors (Lipinski definition) is 2. The molecule has 16 heavy (non-hydrogen) atoms. The molecule has 1 aromatic carbocycles. The smallest absolute Gasteiger partial charge is 0.170 e. The van der Waals surface area contributed by atoms with E-state index in [1.807, 2.05) is 6.92 Å². The Bertz CT molecular complexity index is 410. The standard InChI is InChI=1S/C13H15FO2/c1-3-4-11(15)8-13(16)10-6-5-9(2)12(14)7-10/h5-7H,3-4,8H2,1-2H3. The molecular formula is C13H15FO2.